The zero-order valence-corrected chi connectivity index (χ0v) is 22.2. The first kappa shape index (κ1) is 28.7. The Kier molecular flexibility index (Phi) is 10.1. The van der Waals surface area contributed by atoms with Gasteiger partial charge in [0.2, 0.25) is 11.8 Å². The molecule has 1 saturated carbocycles. The molecule has 1 aromatic heterocycles. The van der Waals surface area contributed by atoms with Gasteiger partial charge >= 0.3 is 0 Å². The Morgan fingerprint density at radius 1 is 1.14 bits per heavy atom. The minimum Gasteiger partial charge on any atom is -0.477 e. The van der Waals surface area contributed by atoms with Gasteiger partial charge in [0.1, 0.15) is 0 Å². The largest absolute Gasteiger partial charge is 0.477 e. The van der Waals surface area contributed by atoms with Gasteiger partial charge < -0.3 is 15.2 Å². The normalized spacial score (nSPS) is 15.9. The Morgan fingerprint density at radius 2 is 1.81 bits per heavy atom. The molecule has 1 atom stereocenters. The maximum atomic E-state index is 13.4. The van der Waals surface area contributed by atoms with Crippen molar-refractivity contribution in [3.05, 3.63) is 65.4 Å². The van der Waals surface area contributed by atoms with Gasteiger partial charge in [0.15, 0.2) is 0 Å². The van der Waals surface area contributed by atoms with Crippen LogP contribution < -0.4 is 10.1 Å². The summed E-state index contributed by atoms with van der Waals surface area (Å²) in [7, 11) is 0.00207. The van der Waals surface area contributed by atoms with Gasteiger partial charge in [0, 0.05) is 53.8 Å². The molecule has 2 N–H and O–H groups in total. The van der Waals surface area contributed by atoms with Gasteiger partial charge in [-0.2, -0.15) is 0 Å². The number of halogens is 2. The zero-order valence-electron chi connectivity index (χ0n) is 21.4. The number of hydrogen-bond donors (Lipinski definition) is 2. The van der Waals surface area contributed by atoms with Gasteiger partial charge in [0.05, 0.1) is 17.4 Å². The number of aliphatic hydroxyl groups excluding tert-OH is 1. The number of benzene rings is 2. The number of alkyl halides is 2. The van der Waals surface area contributed by atoms with Crippen molar-refractivity contribution in [2.75, 3.05) is 19.5 Å². The minimum atomic E-state index is -2.56. The van der Waals surface area contributed by atoms with E-state index in [1.54, 1.807) is 12.1 Å². The van der Waals surface area contributed by atoms with Crippen LogP contribution in [-0.2, 0) is 17.3 Å². The molecular formula is C28H34F2N2O4S. The Morgan fingerprint density at radius 3 is 2.46 bits per heavy atom. The van der Waals surface area contributed by atoms with Crippen molar-refractivity contribution in [2.24, 2.45) is 5.92 Å². The molecule has 0 aliphatic heterocycles. The minimum absolute atomic E-state index is 0.0908. The summed E-state index contributed by atoms with van der Waals surface area (Å²) >= 11 is 0. The number of carbonyl (C=O) groups excluding carboxylic acids is 1. The van der Waals surface area contributed by atoms with E-state index in [0.29, 0.717) is 43.2 Å². The average molecular weight is 533 g/mol. The molecule has 1 aliphatic rings. The number of pyridine rings is 1. The Bertz CT molecular complexity index is 1220. The molecular weight excluding hydrogens is 498 g/mol. The lowest BCUT2D eigenvalue weighted by molar-refractivity contribution is -0.0499. The predicted molar refractivity (Wildman–Crippen MR) is 142 cm³/mol. The first-order valence-corrected chi connectivity index (χ1v) is 13.7. The van der Waals surface area contributed by atoms with Crippen LogP contribution in [0.3, 0.4) is 0 Å². The lowest BCUT2D eigenvalue weighted by Crippen LogP contribution is -2.27. The molecule has 1 unspecified atom stereocenters. The number of aryl methyl sites for hydroxylation is 1. The van der Waals surface area contributed by atoms with Crippen LogP contribution >= 0.6 is 0 Å². The van der Waals surface area contributed by atoms with Crippen LogP contribution in [0.2, 0.25) is 0 Å². The summed E-state index contributed by atoms with van der Waals surface area (Å²) in [4.78, 5) is 18.0. The molecule has 0 saturated heterocycles. The standard InChI is InChI=1S/C27H30F2N2O3S.CH4O/c1-3-35(33)23-7-4-19(5-8-23)16-30-25(32)21-6-9-24-22(15-21)14-18(2)31-26(24)34-17-20-10-12-27(28,29)13-11-20;1-2/h4-9,14-15,20H,3,10-13,16-17H2,1-2H3,(H,30,32);2H,1H3. The molecule has 9 heteroatoms. The lowest BCUT2D eigenvalue weighted by atomic mass is 9.87. The molecule has 1 fully saturated rings. The van der Waals surface area contributed by atoms with Gasteiger partial charge in [-0.25, -0.2) is 13.8 Å². The summed E-state index contributed by atoms with van der Waals surface area (Å²) in [6.07, 6.45) is 0.703. The summed E-state index contributed by atoms with van der Waals surface area (Å²) in [5.41, 5.74) is 2.20. The van der Waals surface area contributed by atoms with E-state index in [4.69, 9.17) is 9.84 Å². The van der Waals surface area contributed by atoms with E-state index in [2.05, 4.69) is 10.3 Å². The molecule has 0 bridgehead atoms. The lowest BCUT2D eigenvalue weighted by Gasteiger charge is -2.28. The predicted octanol–water partition coefficient (Wildman–Crippen LogP) is 5.41. The Balaban J connectivity index is 0.00000186. The summed E-state index contributed by atoms with van der Waals surface area (Å²) < 4.78 is 44.7. The second-order valence-electron chi connectivity index (χ2n) is 9.08. The monoisotopic (exact) mass is 532 g/mol. The van der Waals surface area contributed by atoms with E-state index >= 15 is 0 Å². The molecule has 1 heterocycles. The topological polar surface area (TPSA) is 88.5 Å². The summed E-state index contributed by atoms with van der Waals surface area (Å²) in [5, 5.41) is 11.5. The van der Waals surface area contributed by atoms with Crippen LogP contribution in [0, 0.1) is 12.8 Å². The van der Waals surface area contributed by atoms with Crippen molar-refractivity contribution in [1.82, 2.24) is 10.3 Å². The number of fused-ring (bicyclic) bond motifs is 1. The fourth-order valence-electron chi connectivity index (χ4n) is 4.28. The van der Waals surface area contributed by atoms with E-state index in [1.165, 1.54) is 0 Å². The summed E-state index contributed by atoms with van der Waals surface area (Å²) in [6.45, 7) is 4.45. The summed E-state index contributed by atoms with van der Waals surface area (Å²) in [5.74, 6) is -1.63. The van der Waals surface area contributed by atoms with Crippen molar-refractivity contribution in [3.63, 3.8) is 0 Å². The maximum Gasteiger partial charge on any atom is 0.251 e. The second-order valence-corrected chi connectivity index (χ2v) is 10.8. The first-order valence-electron chi connectivity index (χ1n) is 12.4. The SMILES string of the molecule is CCS(=O)c1ccc(CNC(=O)c2ccc3c(OCC4CCC(F)(F)CC4)nc(C)cc3c2)cc1.CO. The highest BCUT2D eigenvalue weighted by Crippen LogP contribution is 2.36. The van der Waals surface area contributed by atoms with E-state index in [9.17, 15) is 17.8 Å². The van der Waals surface area contributed by atoms with Crippen molar-refractivity contribution in [1.29, 1.82) is 0 Å². The zero-order chi connectivity index (χ0) is 27.0. The van der Waals surface area contributed by atoms with Crippen molar-refractivity contribution in [3.8, 4) is 5.88 Å². The van der Waals surface area contributed by atoms with Gasteiger partial charge in [-0.05, 0) is 73.0 Å². The highest BCUT2D eigenvalue weighted by Gasteiger charge is 2.35. The fourth-order valence-corrected chi connectivity index (χ4v) is 5.05. The number of carbonyl (C=O) groups is 1. The molecule has 6 nitrogen and oxygen atoms in total. The summed E-state index contributed by atoms with van der Waals surface area (Å²) in [6, 6.07) is 14.6. The second kappa shape index (κ2) is 13.1. The molecule has 0 radical (unpaired) electrons. The van der Waals surface area contributed by atoms with Crippen molar-refractivity contribution in [2.45, 2.75) is 56.9 Å². The van der Waals surface area contributed by atoms with E-state index < -0.39 is 16.7 Å². The van der Waals surface area contributed by atoms with Gasteiger partial charge in [0.25, 0.3) is 5.91 Å². The van der Waals surface area contributed by atoms with Crippen LogP contribution in [0.4, 0.5) is 8.78 Å². The third-order valence-electron chi connectivity index (χ3n) is 6.38. The van der Waals surface area contributed by atoms with Gasteiger partial charge in [-0.1, -0.05) is 19.1 Å². The number of ether oxygens (including phenoxy) is 1. The van der Waals surface area contributed by atoms with Gasteiger partial charge in [-0.3, -0.25) is 9.00 Å². The van der Waals surface area contributed by atoms with Crippen LogP contribution in [0.15, 0.2) is 53.4 Å². The Hall–Kier alpha value is -2.91. The van der Waals surface area contributed by atoms with Crippen LogP contribution in [-0.4, -0.2) is 45.6 Å². The number of nitrogens with one attached hydrogen (secondary N) is 1. The Labute approximate surface area is 218 Å². The molecule has 0 spiro atoms. The number of rotatable bonds is 8. The van der Waals surface area contributed by atoms with E-state index in [1.807, 2.05) is 50.2 Å². The molecule has 200 valence electrons. The first-order chi connectivity index (χ1) is 17.7. The highest BCUT2D eigenvalue weighted by atomic mass is 32.2. The smallest absolute Gasteiger partial charge is 0.251 e. The number of amides is 1. The average Bonchev–Trinajstić information content (AvgIpc) is 2.91. The number of nitrogens with zero attached hydrogens (tertiary/aromatic N) is 1. The molecule has 2 aromatic carbocycles. The van der Waals surface area contributed by atoms with Gasteiger partial charge in [-0.15, -0.1) is 0 Å². The third-order valence-corrected chi connectivity index (χ3v) is 7.70. The number of hydrogen-bond acceptors (Lipinski definition) is 5. The number of aromatic nitrogens is 1. The molecule has 37 heavy (non-hydrogen) atoms. The third kappa shape index (κ3) is 7.79. The quantitative estimate of drug-likeness (QED) is 0.405. The van der Waals surface area contributed by atoms with Crippen molar-refractivity contribution >= 4 is 27.5 Å². The molecule has 1 amide bonds. The maximum absolute atomic E-state index is 13.4. The molecule has 1 aliphatic carbocycles. The van der Waals surface area contributed by atoms with E-state index in [0.717, 1.165) is 34.0 Å². The van der Waals surface area contributed by atoms with Crippen LogP contribution in [0.5, 0.6) is 5.88 Å². The van der Waals surface area contributed by atoms with E-state index in [-0.39, 0.29) is 24.7 Å². The van der Waals surface area contributed by atoms with Crippen molar-refractivity contribution < 1.29 is 27.6 Å². The molecule has 4 rings (SSSR count). The molecule has 3 aromatic rings. The van der Waals surface area contributed by atoms with Crippen LogP contribution in [0.1, 0.15) is 54.2 Å². The van der Waals surface area contributed by atoms with Crippen LogP contribution in [0.25, 0.3) is 10.8 Å². The fraction of sp³-hybridized carbons (Fsp3) is 0.429. The highest BCUT2D eigenvalue weighted by molar-refractivity contribution is 7.85. The number of aliphatic hydroxyl groups is 1.